The third kappa shape index (κ3) is 2.59. The first kappa shape index (κ1) is 16.5. The van der Waals surface area contributed by atoms with Gasteiger partial charge in [0.05, 0.1) is 30.3 Å². The van der Waals surface area contributed by atoms with Crippen molar-refractivity contribution in [1.82, 2.24) is 9.47 Å². The number of aromatic nitrogens is 1. The highest BCUT2D eigenvalue weighted by molar-refractivity contribution is 9.10. The van der Waals surface area contributed by atoms with Gasteiger partial charge in [0.2, 0.25) is 5.43 Å². The van der Waals surface area contributed by atoms with Gasteiger partial charge in [-0.3, -0.25) is 9.59 Å². The maximum atomic E-state index is 13.0. The minimum atomic E-state index is -0.682. The lowest BCUT2D eigenvalue weighted by molar-refractivity contribution is -0.0753. The van der Waals surface area contributed by atoms with Gasteiger partial charge in [0.1, 0.15) is 0 Å². The maximum absolute atomic E-state index is 13.0. The molecule has 0 bridgehead atoms. The van der Waals surface area contributed by atoms with E-state index in [9.17, 15) is 9.59 Å². The summed E-state index contributed by atoms with van der Waals surface area (Å²) in [5.74, 6) is -0.0705. The number of unbranched alkanes of at least 4 members (excludes halogenated alkanes) is 1. The molecule has 2 aliphatic rings. The van der Waals surface area contributed by atoms with Gasteiger partial charge >= 0.3 is 0 Å². The summed E-state index contributed by atoms with van der Waals surface area (Å²) in [7, 11) is 0. The third-order valence-electron chi connectivity index (χ3n) is 4.41. The largest absolute Gasteiger partial charge is 0.487 e. The fourth-order valence-electron chi connectivity index (χ4n) is 3.28. The molecule has 3 rings (SSSR count). The molecule has 1 aromatic heterocycles. The van der Waals surface area contributed by atoms with Crippen molar-refractivity contribution in [3.8, 4) is 5.75 Å². The van der Waals surface area contributed by atoms with Crippen molar-refractivity contribution in [2.75, 3.05) is 13.2 Å². The Balaban J connectivity index is 2.10. The predicted molar refractivity (Wildman–Crippen MR) is 88.8 cm³/mol. The van der Waals surface area contributed by atoms with Crippen LogP contribution in [0, 0.1) is 0 Å². The summed E-state index contributed by atoms with van der Waals surface area (Å²) in [5, 5.41) is 0. The lowest BCUT2D eigenvalue weighted by Gasteiger charge is -2.41. The number of carbonyl (C=O) groups excluding carboxylic acids is 1. The van der Waals surface area contributed by atoms with Crippen LogP contribution in [0.2, 0.25) is 0 Å². The molecule has 0 aromatic carbocycles. The number of hydrogen-bond acceptors (Lipinski definition) is 4. The second-order valence-corrected chi connectivity index (χ2v) is 7.18. The van der Waals surface area contributed by atoms with E-state index >= 15 is 0 Å². The van der Waals surface area contributed by atoms with Gasteiger partial charge in [-0.15, -0.1) is 0 Å². The summed E-state index contributed by atoms with van der Waals surface area (Å²) in [4.78, 5) is 27.2. The average Bonchev–Trinajstić information content (AvgIpc) is 2.79. The van der Waals surface area contributed by atoms with Crippen LogP contribution in [-0.2, 0) is 11.3 Å². The molecule has 0 radical (unpaired) electrons. The SMILES string of the molecule is CCCCOc1c2n(cc(Br)c1=O)C[C@@]1(C)OC[C@H](C)N1C2=O. The summed E-state index contributed by atoms with van der Waals surface area (Å²) in [6, 6.07) is -0.0245. The Kier molecular flexibility index (Phi) is 4.27. The Morgan fingerprint density at radius 3 is 2.91 bits per heavy atom. The molecular weight excluding hydrogens is 364 g/mol. The van der Waals surface area contributed by atoms with Gasteiger partial charge < -0.3 is 18.9 Å². The van der Waals surface area contributed by atoms with Crippen molar-refractivity contribution in [1.29, 1.82) is 0 Å². The first-order chi connectivity index (χ1) is 10.9. The molecule has 0 saturated carbocycles. The molecule has 6 nitrogen and oxygen atoms in total. The number of carbonyl (C=O) groups is 1. The Hall–Kier alpha value is -1.34. The standard InChI is InChI=1S/C16H21BrN2O4/c1-4-5-6-22-14-12-15(21)19-10(2)8-23-16(19,3)9-18(12)7-11(17)13(14)20/h7,10H,4-6,8-9H2,1-3H3/t10-,16+/m0/s1. The molecule has 126 valence electrons. The molecular formula is C16H21BrN2O4. The maximum Gasteiger partial charge on any atom is 0.277 e. The van der Waals surface area contributed by atoms with Crippen molar-refractivity contribution in [2.45, 2.75) is 51.9 Å². The zero-order valence-electron chi connectivity index (χ0n) is 13.6. The van der Waals surface area contributed by atoms with Crippen LogP contribution in [0.4, 0.5) is 0 Å². The van der Waals surface area contributed by atoms with Crippen LogP contribution in [0.25, 0.3) is 0 Å². The zero-order valence-corrected chi connectivity index (χ0v) is 15.2. The van der Waals surface area contributed by atoms with E-state index in [4.69, 9.17) is 9.47 Å². The van der Waals surface area contributed by atoms with Gasteiger partial charge in [-0.05, 0) is 36.2 Å². The fourth-order valence-corrected chi connectivity index (χ4v) is 3.71. The van der Waals surface area contributed by atoms with Crippen LogP contribution in [0.5, 0.6) is 5.75 Å². The number of halogens is 1. The Morgan fingerprint density at radius 2 is 2.22 bits per heavy atom. The van der Waals surface area contributed by atoms with Crippen LogP contribution in [0.1, 0.15) is 44.1 Å². The van der Waals surface area contributed by atoms with E-state index in [1.54, 1.807) is 15.7 Å². The molecule has 2 aliphatic heterocycles. The van der Waals surface area contributed by atoms with Gasteiger partial charge in [0, 0.05) is 6.20 Å². The van der Waals surface area contributed by atoms with E-state index in [-0.39, 0.29) is 23.1 Å². The molecule has 1 saturated heterocycles. The van der Waals surface area contributed by atoms with E-state index in [0.29, 0.717) is 29.9 Å². The first-order valence-electron chi connectivity index (χ1n) is 7.92. The average molecular weight is 385 g/mol. The lowest BCUT2D eigenvalue weighted by Crippen LogP contribution is -2.56. The van der Waals surface area contributed by atoms with E-state index in [1.165, 1.54) is 0 Å². The second kappa shape index (κ2) is 5.94. The van der Waals surface area contributed by atoms with E-state index in [1.807, 2.05) is 20.8 Å². The summed E-state index contributed by atoms with van der Waals surface area (Å²) >= 11 is 3.28. The lowest BCUT2D eigenvalue weighted by atomic mass is 10.1. The number of hydrogen-bond donors (Lipinski definition) is 0. The van der Waals surface area contributed by atoms with Crippen molar-refractivity contribution in [3.63, 3.8) is 0 Å². The molecule has 0 aliphatic carbocycles. The van der Waals surface area contributed by atoms with E-state index in [0.717, 1.165) is 12.8 Å². The van der Waals surface area contributed by atoms with Crippen molar-refractivity contribution in [2.24, 2.45) is 0 Å². The molecule has 3 heterocycles. The van der Waals surface area contributed by atoms with Crippen LogP contribution in [0.3, 0.4) is 0 Å². The number of amides is 1. The molecule has 1 fully saturated rings. The van der Waals surface area contributed by atoms with Crippen molar-refractivity contribution in [3.05, 3.63) is 26.6 Å². The molecule has 1 aromatic rings. The number of fused-ring (bicyclic) bond motifs is 2. The van der Waals surface area contributed by atoms with Crippen molar-refractivity contribution >= 4 is 21.8 Å². The van der Waals surface area contributed by atoms with Gasteiger partial charge in [0.25, 0.3) is 5.91 Å². The Labute approximate surface area is 143 Å². The number of ether oxygens (including phenoxy) is 2. The number of nitrogens with zero attached hydrogens (tertiary/aromatic N) is 2. The molecule has 0 spiro atoms. The van der Waals surface area contributed by atoms with Crippen LogP contribution in [-0.4, -0.2) is 40.4 Å². The summed E-state index contributed by atoms with van der Waals surface area (Å²) in [6.07, 6.45) is 3.44. The minimum absolute atomic E-state index is 0.0245. The van der Waals surface area contributed by atoms with Crippen LogP contribution >= 0.6 is 15.9 Å². The molecule has 23 heavy (non-hydrogen) atoms. The van der Waals surface area contributed by atoms with Crippen LogP contribution in [0.15, 0.2) is 15.5 Å². The van der Waals surface area contributed by atoms with E-state index in [2.05, 4.69) is 15.9 Å². The van der Waals surface area contributed by atoms with E-state index < -0.39 is 5.72 Å². The fraction of sp³-hybridized carbons (Fsp3) is 0.625. The number of pyridine rings is 1. The summed E-state index contributed by atoms with van der Waals surface area (Å²) < 4.78 is 13.7. The summed E-state index contributed by atoms with van der Waals surface area (Å²) in [6.45, 7) is 7.29. The molecule has 7 heteroatoms. The highest BCUT2D eigenvalue weighted by Gasteiger charge is 2.50. The smallest absolute Gasteiger partial charge is 0.277 e. The third-order valence-corrected chi connectivity index (χ3v) is 4.97. The predicted octanol–water partition coefficient (Wildman–Crippen LogP) is 2.38. The Bertz CT molecular complexity index is 702. The van der Waals surface area contributed by atoms with Gasteiger partial charge in [0.15, 0.2) is 17.2 Å². The topological polar surface area (TPSA) is 60.8 Å². The van der Waals surface area contributed by atoms with Gasteiger partial charge in [-0.1, -0.05) is 13.3 Å². The molecule has 2 atom stereocenters. The quantitative estimate of drug-likeness (QED) is 0.747. The first-order valence-corrected chi connectivity index (χ1v) is 8.71. The van der Waals surface area contributed by atoms with Crippen LogP contribution < -0.4 is 10.2 Å². The summed E-state index contributed by atoms with van der Waals surface area (Å²) in [5.41, 5.74) is -0.639. The highest BCUT2D eigenvalue weighted by Crippen LogP contribution is 2.37. The van der Waals surface area contributed by atoms with Crippen molar-refractivity contribution < 1.29 is 14.3 Å². The highest BCUT2D eigenvalue weighted by atomic mass is 79.9. The Morgan fingerprint density at radius 1 is 1.48 bits per heavy atom. The zero-order chi connectivity index (χ0) is 16.8. The monoisotopic (exact) mass is 384 g/mol. The van der Waals surface area contributed by atoms with Gasteiger partial charge in [-0.25, -0.2) is 0 Å². The molecule has 0 unspecified atom stereocenters. The van der Waals surface area contributed by atoms with Gasteiger partial charge in [-0.2, -0.15) is 0 Å². The molecule has 0 N–H and O–H groups in total. The minimum Gasteiger partial charge on any atom is -0.487 e. The normalized spacial score (nSPS) is 26.2. The number of rotatable bonds is 4. The second-order valence-electron chi connectivity index (χ2n) is 6.32. The molecule has 1 amide bonds.